The highest BCUT2D eigenvalue weighted by atomic mass is 15.2. The Morgan fingerprint density at radius 2 is 0.693 bits per heavy atom. The van der Waals surface area contributed by atoms with Gasteiger partial charge in [0, 0.05) is 56.8 Å². The fourth-order valence-electron chi connectivity index (χ4n) is 17.6. The highest BCUT2D eigenvalue weighted by molar-refractivity contribution is 7.00. The third kappa shape index (κ3) is 9.82. The SMILES string of the molecule is CC(C)(C)C1=CC2=CC=C3C=C(c4ccc5c(c4)N(c4c(-c6ccccc6)cccc4-c4ccccc4)c4cc(C(C)(C)C)cc6c4B5c4ccc(-c5cc7ccc8cc(C(C)(C)C)cc9ccc(c5)c7c89)cc4N6c4c(-c5ccccc5)cccc4-c4ccccc4)C=C4C=CC(=C1)C2C34. The molecule has 0 aromatic heterocycles. The number of nitrogens with zero attached hydrogens (tertiary/aromatic N) is 2. The number of hydrogen-bond donors (Lipinski definition) is 0. The molecule has 2 nitrogen and oxygen atoms in total. The quantitative estimate of drug-likeness (QED) is 0.111. The summed E-state index contributed by atoms with van der Waals surface area (Å²) in [6.07, 6.45) is 19.6. The molecule has 0 saturated heterocycles. The monoisotopic (exact) mass is 1290 g/mol. The molecular formula is C98H79BN2. The van der Waals surface area contributed by atoms with Gasteiger partial charge in [0.1, 0.15) is 0 Å². The molecule has 13 aromatic carbocycles. The molecular weight excluding hydrogens is 1220 g/mol. The van der Waals surface area contributed by atoms with Crippen LogP contribution >= 0.6 is 0 Å². The Morgan fingerprint density at radius 1 is 0.297 bits per heavy atom. The molecule has 2 unspecified atom stereocenters. The van der Waals surface area contributed by atoms with Crippen molar-refractivity contribution >= 4 is 95.1 Å². The van der Waals surface area contributed by atoms with Gasteiger partial charge in [0.05, 0.1) is 11.4 Å². The van der Waals surface area contributed by atoms with E-state index < -0.39 is 0 Å². The van der Waals surface area contributed by atoms with Gasteiger partial charge in [0.15, 0.2) is 0 Å². The maximum absolute atomic E-state index is 2.72. The first-order valence-electron chi connectivity index (χ1n) is 36.2. The number of rotatable bonds is 8. The van der Waals surface area contributed by atoms with Gasteiger partial charge in [0.25, 0.3) is 6.71 Å². The smallest absolute Gasteiger partial charge is 0.252 e. The zero-order valence-corrected chi connectivity index (χ0v) is 59.0. The summed E-state index contributed by atoms with van der Waals surface area (Å²) in [5.74, 6) is 0.564. The van der Waals surface area contributed by atoms with Crippen LogP contribution in [0.4, 0.5) is 34.1 Å². The van der Waals surface area contributed by atoms with Gasteiger partial charge in [-0.25, -0.2) is 0 Å². The van der Waals surface area contributed by atoms with Crippen LogP contribution in [0.5, 0.6) is 0 Å². The van der Waals surface area contributed by atoms with E-state index in [1.54, 1.807) is 0 Å². The molecule has 19 rings (SSSR count). The van der Waals surface area contributed by atoms with Crippen LogP contribution in [0.3, 0.4) is 0 Å². The van der Waals surface area contributed by atoms with Gasteiger partial charge in [-0.2, -0.15) is 0 Å². The van der Waals surface area contributed by atoms with Crippen molar-refractivity contribution in [2.75, 3.05) is 9.80 Å². The van der Waals surface area contributed by atoms with Crippen molar-refractivity contribution in [3.8, 4) is 55.6 Å². The minimum atomic E-state index is -0.286. The van der Waals surface area contributed by atoms with Crippen molar-refractivity contribution in [2.45, 2.75) is 73.1 Å². The van der Waals surface area contributed by atoms with Crippen LogP contribution < -0.4 is 26.2 Å². The van der Waals surface area contributed by atoms with Crippen molar-refractivity contribution in [1.82, 2.24) is 0 Å². The number of hydrogen-bond acceptors (Lipinski definition) is 2. The molecule has 2 atom stereocenters. The van der Waals surface area contributed by atoms with Crippen molar-refractivity contribution in [3.63, 3.8) is 0 Å². The summed E-state index contributed by atoms with van der Waals surface area (Å²) in [5.41, 5.74) is 34.3. The topological polar surface area (TPSA) is 6.48 Å². The second kappa shape index (κ2) is 22.6. The van der Waals surface area contributed by atoms with E-state index in [0.29, 0.717) is 5.92 Å². The van der Waals surface area contributed by atoms with Crippen molar-refractivity contribution < 1.29 is 0 Å². The van der Waals surface area contributed by atoms with Crippen LogP contribution in [0.2, 0.25) is 0 Å². The van der Waals surface area contributed by atoms with E-state index in [4.69, 9.17) is 0 Å². The first-order chi connectivity index (χ1) is 49.0. The van der Waals surface area contributed by atoms with Gasteiger partial charge in [-0.3, -0.25) is 0 Å². The largest absolute Gasteiger partial charge is 0.310 e. The molecule has 0 saturated carbocycles. The molecule has 4 aliphatic carbocycles. The first kappa shape index (κ1) is 60.9. The normalized spacial score (nSPS) is 16.6. The molecule has 0 amide bonds. The maximum Gasteiger partial charge on any atom is 0.252 e. The molecule has 2 aliphatic heterocycles. The van der Waals surface area contributed by atoms with Crippen LogP contribution in [0, 0.1) is 17.3 Å². The minimum Gasteiger partial charge on any atom is -0.310 e. The van der Waals surface area contributed by atoms with E-state index in [2.05, 4.69) is 376 Å². The second-order valence-corrected chi connectivity index (χ2v) is 32.0. The number of allylic oxidation sites excluding steroid dienone is 14. The predicted octanol–water partition coefficient (Wildman–Crippen LogP) is 24.5. The van der Waals surface area contributed by atoms with E-state index in [1.165, 1.54) is 166 Å². The van der Waals surface area contributed by atoms with Gasteiger partial charge >= 0.3 is 0 Å². The average molecular weight is 1300 g/mol. The maximum atomic E-state index is 2.72. The fraction of sp³-hybridized carbons (Fsp3) is 0.143. The lowest BCUT2D eigenvalue weighted by Crippen LogP contribution is -2.61. The fourth-order valence-corrected chi connectivity index (χ4v) is 17.6. The van der Waals surface area contributed by atoms with Crippen molar-refractivity contribution in [2.24, 2.45) is 17.3 Å². The van der Waals surface area contributed by atoms with Crippen LogP contribution in [-0.4, -0.2) is 6.71 Å². The highest BCUT2D eigenvalue weighted by Crippen LogP contribution is 2.57. The van der Waals surface area contributed by atoms with Crippen molar-refractivity contribution in [3.05, 3.63) is 348 Å². The van der Waals surface area contributed by atoms with Gasteiger partial charge in [-0.1, -0.05) is 329 Å². The summed E-state index contributed by atoms with van der Waals surface area (Å²) in [4.78, 5) is 5.43. The van der Waals surface area contributed by atoms with Crippen LogP contribution in [0.1, 0.15) is 79.0 Å². The van der Waals surface area contributed by atoms with Gasteiger partial charge in [-0.05, 0) is 185 Å². The first-order valence-corrected chi connectivity index (χ1v) is 36.2. The van der Waals surface area contributed by atoms with Crippen LogP contribution in [0.15, 0.2) is 331 Å². The zero-order chi connectivity index (χ0) is 68.4. The lowest BCUT2D eigenvalue weighted by Gasteiger charge is -2.46. The molecule has 2 heterocycles. The van der Waals surface area contributed by atoms with Crippen LogP contribution in [-0.2, 0) is 10.8 Å². The Kier molecular flexibility index (Phi) is 13.6. The van der Waals surface area contributed by atoms with E-state index in [-0.39, 0.29) is 28.9 Å². The molecule has 13 aromatic rings. The summed E-state index contributed by atoms with van der Waals surface area (Å²) in [6.45, 7) is 21.0. The Bertz CT molecular complexity index is 5690. The average Bonchev–Trinajstić information content (AvgIpc) is 0.692. The molecule has 3 heteroatoms. The molecule has 0 spiro atoms. The third-order valence-corrected chi connectivity index (χ3v) is 22.7. The van der Waals surface area contributed by atoms with E-state index >= 15 is 0 Å². The predicted molar refractivity (Wildman–Crippen MR) is 433 cm³/mol. The molecule has 0 radical (unpaired) electrons. The molecule has 0 N–H and O–H groups in total. The minimum absolute atomic E-state index is 0.0328. The highest BCUT2D eigenvalue weighted by Gasteiger charge is 2.47. The number of anilines is 6. The Labute approximate surface area is 595 Å². The summed E-state index contributed by atoms with van der Waals surface area (Å²) in [7, 11) is 0. The van der Waals surface area contributed by atoms with Gasteiger partial charge in [0.2, 0.25) is 0 Å². The lowest BCUT2D eigenvalue weighted by molar-refractivity contribution is 0.500. The number of para-hydroxylation sites is 2. The third-order valence-electron chi connectivity index (χ3n) is 22.7. The zero-order valence-electron chi connectivity index (χ0n) is 59.0. The molecule has 484 valence electrons. The second-order valence-electron chi connectivity index (χ2n) is 32.0. The Morgan fingerprint density at radius 3 is 1.13 bits per heavy atom. The standard InChI is InChI=1S/C98H79BN2/c1-96(2,3)76-52-70-40-36-66-48-74(49-67-37-41-71(53-76)91(70)89(66)67)64-44-46-83-85(56-64)100(94-79(60-24-14-10-15-25-60)32-22-33-80(94)61-26-16-11-17-27-61)87-58-78(98(7,8)9)59-88-93(87)99(83)84-47-45-65(75-50-68-38-42-72-54-77(97(4,5)6)55-73-43-39-69(51-75)90(68)92(72)73)57-86(84)101(88)95-81(62-28-18-12-19-29-62)34-23-35-82(95)63-30-20-13-21-31-63/h10-59,89,91H,1-9H3. The summed E-state index contributed by atoms with van der Waals surface area (Å²) in [5, 5.41) is 7.78. The lowest BCUT2D eigenvalue weighted by atomic mass is 9.33. The van der Waals surface area contributed by atoms with E-state index in [1.807, 2.05) is 0 Å². The van der Waals surface area contributed by atoms with Crippen LogP contribution in [0.25, 0.3) is 93.5 Å². The molecule has 0 fully saturated rings. The Hall–Kier alpha value is -11.3. The number of benzene rings is 13. The molecule has 0 bridgehead atoms. The van der Waals surface area contributed by atoms with Gasteiger partial charge in [-0.15, -0.1) is 0 Å². The molecule has 6 aliphatic rings. The number of fused-ring (bicyclic) bond motifs is 4. The Balaban J connectivity index is 0.908. The summed E-state index contributed by atoms with van der Waals surface area (Å²) >= 11 is 0. The van der Waals surface area contributed by atoms with Gasteiger partial charge < -0.3 is 9.80 Å². The summed E-state index contributed by atoms with van der Waals surface area (Å²) < 4.78 is 0. The summed E-state index contributed by atoms with van der Waals surface area (Å²) in [6, 6.07) is 97.7. The van der Waals surface area contributed by atoms with E-state index in [0.717, 1.165) is 22.5 Å². The van der Waals surface area contributed by atoms with Crippen molar-refractivity contribution in [1.29, 1.82) is 0 Å². The van der Waals surface area contributed by atoms with E-state index in [9.17, 15) is 0 Å². The molecule has 101 heavy (non-hydrogen) atoms.